The molecule has 0 bridgehead atoms. The molecule has 1 fully saturated rings. The number of likely N-dealkylation sites (tertiary alicyclic amines) is 1. The smallest absolute Gasteiger partial charge is 0.257 e. The summed E-state index contributed by atoms with van der Waals surface area (Å²) >= 11 is 0. The van der Waals surface area contributed by atoms with Gasteiger partial charge < -0.3 is 15.7 Å². The van der Waals surface area contributed by atoms with Crippen molar-refractivity contribution in [2.45, 2.75) is 19.4 Å². The van der Waals surface area contributed by atoms with Gasteiger partial charge in [-0.3, -0.25) is 4.79 Å². The highest BCUT2D eigenvalue weighted by molar-refractivity contribution is 5.97. The molecule has 1 aliphatic heterocycles. The Balaban J connectivity index is 2.24. The second-order valence-corrected chi connectivity index (χ2v) is 4.27. The number of nitrogens with zero attached hydrogens (tertiary/aromatic N) is 1. The van der Waals surface area contributed by atoms with Gasteiger partial charge in [0, 0.05) is 19.1 Å². The molecule has 0 aliphatic carbocycles. The van der Waals surface area contributed by atoms with E-state index < -0.39 is 0 Å². The maximum Gasteiger partial charge on any atom is 0.257 e. The Morgan fingerprint density at radius 1 is 1.56 bits per heavy atom. The van der Waals surface area contributed by atoms with Gasteiger partial charge in [-0.1, -0.05) is 12.1 Å². The van der Waals surface area contributed by atoms with E-state index in [1.807, 2.05) is 0 Å². The molecule has 1 atom stereocenters. The molecule has 0 radical (unpaired) electrons. The minimum absolute atomic E-state index is 0.0657. The SMILES string of the molecule is Cc1cccc(C(=O)N2CC[C@H](N)C2)c1O. The first-order valence-corrected chi connectivity index (χ1v) is 5.43. The molecule has 1 aromatic carbocycles. The van der Waals surface area contributed by atoms with Gasteiger partial charge in [0.15, 0.2) is 0 Å². The van der Waals surface area contributed by atoms with E-state index in [2.05, 4.69) is 0 Å². The van der Waals surface area contributed by atoms with Gasteiger partial charge >= 0.3 is 0 Å². The number of carbonyl (C=O) groups excluding carboxylic acids is 1. The summed E-state index contributed by atoms with van der Waals surface area (Å²) in [6, 6.07) is 5.27. The zero-order chi connectivity index (χ0) is 11.7. The Morgan fingerprint density at radius 3 is 2.94 bits per heavy atom. The van der Waals surface area contributed by atoms with E-state index in [9.17, 15) is 9.90 Å². The van der Waals surface area contributed by atoms with E-state index in [4.69, 9.17) is 5.73 Å². The molecule has 86 valence electrons. The molecule has 0 saturated carbocycles. The lowest BCUT2D eigenvalue weighted by Crippen LogP contribution is -2.31. The first-order valence-electron chi connectivity index (χ1n) is 5.43. The topological polar surface area (TPSA) is 66.6 Å². The van der Waals surface area contributed by atoms with Crippen molar-refractivity contribution in [3.63, 3.8) is 0 Å². The lowest BCUT2D eigenvalue weighted by atomic mass is 10.1. The Morgan fingerprint density at radius 2 is 2.31 bits per heavy atom. The average molecular weight is 220 g/mol. The van der Waals surface area contributed by atoms with Gasteiger partial charge in [-0.25, -0.2) is 0 Å². The Labute approximate surface area is 94.7 Å². The van der Waals surface area contributed by atoms with Crippen LogP contribution in [0.25, 0.3) is 0 Å². The molecule has 2 rings (SSSR count). The fourth-order valence-electron chi connectivity index (χ4n) is 1.97. The molecule has 1 amide bonds. The highest BCUT2D eigenvalue weighted by atomic mass is 16.3. The summed E-state index contributed by atoms with van der Waals surface area (Å²) in [6.07, 6.45) is 0.832. The zero-order valence-electron chi connectivity index (χ0n) is 9.31. The largest absolute Gasteiger partial charge is 0.507 e. The predicted octanol–water partition coefficient (Wildman–Crippen LogP) is 0.874. The number of phenolic OH excluding ortho intramolecular Hbond substituents is 1. The average Bonchev–Trinajstić information content (AvgIpc) is 2.68. The highest BCUT2D eigenvalue weighted by Crippen LogP contribution is 2.24. The summed E-state index contributed by atoms with van der Waals surface area (Å²) in [6.45, 7) is 3.03. The number of nitrogens with two attached hydrogens (primary N) is 1. The van der Waals surface area contributed by atoms with Crippen LogP contribution in [0.15, 0.2) is 18.2 Å². The third-order valence-corrected chi connectivity index (χ3v) is 2.98. The van der Waals surface area contributed by atoms with Crippen LogP contribution in [-0.2, 0) is 0 Å². The third-order valence-electron chi connectivity index (χ3n) is 2.98. The van der Waals surface area contributed by atoms with Crippen molar-refractivity contribution in [2.75, 3.05) is 13.1 Å². The molecule has 0 unspecified atom stereocenters. The molecule has 3 N–H and O–H groups in total. The van der Waals surface area contributed by atoms with Gasteiger partial charge in [-0.05, 0) is 25.0 Å². The van der Waals surface area contributed by atoms with Crippen LogP contribution >= 0.6 is 0 Å². The van der Waals surface area contributed by atoms with E-state index in [-0.39, 0.29) is 17.7 Å². The first-order chi connectivity index (χ1) is 7.59. The van der Waals surface area contributed by atoms with E-state index in [1.165, 1.54) is 0 Å². The van der Waals surface area contributed by atoms with E-state index in [1.54, 1.807) is 30.0 Å². The van der Waals surface area contributed by atoms with Crippen molar-refractivity contribution in [2.24, 2.45) is 5.73 Å². The maximum absolute atomic E-state index is 12.1. The number of rotatable bonds is 1. The van der Waals surface area contributed by atoms with Gasteiger partial charge in [0.05, 0.1) is 5.56 Å². The van der Waals surface area contributed by atoms with Crippen LogP contribution in [-0.4, -0.2) is 35.0 Å². The molecule has 0 aromatic heterocycles. The van der Waals surface area contributed by atoms with Crippen LogP contribution < -0.4 is 5.73 Å². The molecule has 1 aliphatic rings. The molecule has 1 aromatic rings. The number of para-hydroxylation sites is 1. The van der Waals surface area contributed by atoms with Gasteiger partial charge in [0.2, 0.25) is 0 Å². The van der Waals surface area contributed by atoms with Crippen molar-refractivity contribution in [1.29, 1.82) is 0 Å². The summed E-state index contributed by atoms with van der Waals surface area (Å²) in [5, 5.41) is 9.82. The van der Waals surface area contributed by atoms with Crippen LogP contribution in [0.2, 0.25) is 0 Å². The van der Waals surface area contributed by atoms with Crippen molar-refractivity contribution in [1.82, 2.24) is 4.90 Å². The Hall–Kier alpha value is -1.55. The van der Waals surface area contributed by atoms with Gasteiger partial charge in [-0.2, -0.15) is 0 Å². The molecule has 16 heavy (non-hydrogen) atoms. The van der Waals surface area contributed by atoms with Gasteiger partial charge in [0.1, 0.15) is 5.75 Å². The molecule has 1 saturated heterocycles. The number of benzene rings is 1. The summed E-state index contributed by atoms with van der Waals surface area (Å²) in [4.78, 5) is 13.8. The van der Waals surface area contributed by atoms with Crippen LogP contribution in [0, 0.1) is 6.92 Å². The summed E-state index contributed by atoms with van der Waals surface area (Å²) in [5.74, 6) is -0.0536. The minimum atomic E-state index is -0.130. The lowest BCUT2D eigenvalue weighted by molar-refractivity contribution is 0.0787. The number of phenols is 1. The van der Waals surface area contributed by atoms with Crippen molar-refractivity contribution in [3.8, 4) is 5.75 Å². The number of amides is 1. The summed E-state index contributed by atoms with van der Waals surface area (Å²) in [7, 11) is 0. The second-order valence-electron chi connectivity index (χ2n) is 4.27. The molecule has 0 spiro atoms. The van der Waals surface area contributed by atoms with Crippen LogP contribution in [0.3, 0.4) is 0 Å². The number of hydrogen-bond donors (Lipinski definition) is 2. The molecular formula is C12H16N2O2. The third kappa shape index (κ3) is 1.88. The highest BCUT2D eigenvalue weighted by Gasteiger charge is 2.26. The summed E-state index contributed by atoms with van der Waals surface area (Å²) in [5.41, 5.74) is 6.84. The normalized spacial score (nSPS) is 20.1. The van der Waals surface area contributed by atoms with Crippen LogP contribution in [0.5, 0.6) is 5.75 Å². The first kappa shape index (κ1) is 11.0. The van der Waals surface area contributed by atoms with Crippen molar-refractivity contribution >= 4 is 5.91 Å². The lowest BCUT2D eigenvalue weighted by Gasteiger charge is -2.17. The van der Waals surface area contributed by atoms with Crippen LogP contribution in [0.4, 0.5) is 0 Å². The molecule has 4 nitrogen and oxygen atoms in total. The molecule has 1 heterocycles. The fourth-order valence-corrected chi connectivity index (χ4v) is 1.97. The maximum atomic E-state index is 12.1. The quantitative estimate of drug-likeness (QED) is 0.738. The Bertz CT molecular complexity index is 417. The Kier molecular flexibility index (Phi) is 2.83. The number of aromatic hydroxyl groups is 1. The van der Waals surface area contributed by atoms with Crippen LogP contribution in [0.1, 0.15) is 22.3 Å². The number of carbonyl (C=O) groups is 1. The van der Waals surface area contributed by atoms with Crippen molar-refractivity contribution in [3.05, 3.63) is 29.3 Å². The number of hydrogen-bond acceptors (Lipinski definition) is 3. The van der Waals surface area contributed by atoms with E-state index >= 15 is 0 Å². The monoisotopic (exact) mass is 220 g/mol. The zero-order valence-corrected chi connectivity index (χ0v) is 9.31. The van der Waals surface area contributed by atoms with E-state index in [0.29, 0.717) is 24.2 Å². The number of aryl methyl sites for hydroxylation is 1. The van der Waals surface area contributed by atoms with Crippen molar-refractivity contribution < 1.29 is 9.90 Å². The van der Waals surface area contributed by atoms with Gasteiger partial charge in [-0.15, -0.1) is 0 Å². The minimum Gasteiger partial charge on any atom is -0.507 e. The standard InChI is InChI=1S/C12H16N2O2/c1-8-3-2-4-10(11(8)15)12(16)14-6-5-9(13)7-14/h2-4,9,15H,5-7,13H2,1H3/t9-/m0/s1. The summed E-state index contributed by atoms with van der Waals surface area (Å²) < 4.78 is 0. The van der Waals surface area contributed by atoms with E-state index in [0.717, 1.165) is 6.42 Å². The van der Waals surface area contributed by atoms with Gasteiger partial charge in [0.25, 0.3) is 5.91 Å². The predicted molar refractivity (Wildman–Crippen MR) is 61.3 cm³/mol. The second kappa shape index (κ2) is 4.14. The fraction of sp³-hybridized carbons (Fsp3) is 0.417. The molecular weight excluding hydrogens is 204 g/mol. The molecule has 4 heteroatoms.